The third-order valence-corrected chi connectivity index (χ3v) is 3.00. The van der Waals surface area contributed by atoms with E-state index < -0.39 is 5.97 Å². The summed E-state index contributed by atoms with van der Waals surface area (Å²) < 4.78 is 15.8. The second-order valence-corrected chi connectivity index (χ2v) is 4.60. The number of ether oxygens (including phenoxy) is 1. The zero-order valence-corrected chi connectivity index (χ0v) is 11.7. The van der Waals surface area contributed by atoms with E-state index in [1.165, 1.54) is 0 Å². The molecule has 0 spiro atoms. The molecule has 2 N–H and O–H groups in total. The second kappa shape index (κ2) is 4.97. The van der Waals surface area contributed by atoms with E-state index in [9.17, 15) is 4.79 Å². The Morgan fingerprint density at radius 1 is 1.33 bits per heavy atom. The van der Waals surface area contributed by atoms with Crippen molar-refractivity contribution >= 4 is 22.8 Å². The van der Waals surface area contributed by atoms with Crippen LogP contribution in [0.3, 0.4) is 0 Å². The number of oxazole rings is 1. The van der Waals surface area contributed by atoms with Crippen LogP contribution in [0.4, 0.5) is 5.88 Å². The van der Waals surface area contributed by atoms with E-state index in [4.69, 9.17) is 19.3 Å². The van der Waals surface area contributed by atoms with Gasteiger partial charge in [0.1, 0.15) is 5.58 Å². The Hall–Kier alpha value is -2.76. The maximum absolute atomic E-state index is 11.7. The molecule has 0 unspecified atom stereocenters. The highest BCUT2D eigenvalue weighted by Crippen LogP contribution is 2.30. The summed E-state index contributed by atoms with van der Waals surface area (Å²) in [5, 5.41) is 0.930. The summed E-state index contributed by atoms with van der Waals surface area (Å²) in [7, 11) is 0. The van der Waals surface area contributed by atoms with Gasteiger partial charge in [0, 0.05) is 5.39 Å². The number of rotatable bonds is 3. The second-order valence-electron chi connectivity index (χ2n) is 4.60. The normalized spacial score (nSPS) is 11.0. The van der Waals surface area contributed by atoms with E-state index in [1.807, 2.05) is 25.1 Å². The summed E-state index contributed by atoms with van der Waals surface area (Å²) in [6, 6.07) is 7.60. The molecule has 3 aromatic rings. The molecule has 2 heterocycles. The van der Waals surface area contributed by atoms with Crippen LogP contribution in [0.25, 0.3) is 22.6 Å². The zero-order valence-electron chi connectivity index (χ0n) is 11.7. The highest BCUT2D eigenvalue weighted by molar-refractivity contribution is 5.92. The molecular weight excluding hydrogens is 272 g/mol. The summed E-state index contributed by atoms with van der Waals surface area (Å²) in [6.45, 7) is 3.94. The molecule has 6 nitrogen and oxygen atoms in total. The van der Waals surface area contributed by atoms with Gasteiger partial charge < -0.3 is 19.3 Å². The minimum absolute atomic E-state index is 0.0384. The molecule has 0 amide bonds. The van der Waals surface area contributed by atoms with E-state index in [0.717, 1.165) is 10.9 Å². The van der Waals surface area contributed by atoms with Crippen molar-refractivity contribution in [1.82, 2.24) is 4.98 Å². The number of nitrogens with zero attached hydrogens (tertiary/aromatic N) is 1. The van der Waals surface area contributed by atoms with Crippen molar-refractivity contribution in [1.29, 1.82) is 0 Å². The Balaban J connectivity index is 2.02. The third-order valence-electron chi connectivity index (χ3n) is 3.00. The van der Waals surface area contributed by atoms with Gasteiger partial charge in [-0.3, -0.25) is 0 Å². The van der Waals surface area contributed by atoms with Crippen LogP contribution >= 0.6 is 0 Å². The van der Waals surface area contributed by atoms with Gasteiger partial charge in [-0.25, -0.2) is 4.79 Å². The standard InChI is InChI=1S/C15H14N2O4/c1-3-19-15(18)12-13(16)21-14(17-12)11-7-9-6-8(2)4-5-10(9)20-11/h4-7H,3,16H2,1-2H3. The number of aromatic nitrogens is 1. The quantitative estimate of drug-likeness (QED) is 0.743. The number of fused-ring (bicyclic) bond motifs is 1. The average molecular weight is 286 g/mol. The monoisotopic (exact) mass is 286 g/mol. The molecule has 0 fully saturated rings. The van der Waals surface area contributed by atoms with Crippen molar-refractivity contribution in [2.24, 2.45) is 0 Å². The number of esters is 1. The number of anilines is 1. The summed E-state index contributed by atoms with van der Waals surface area (Å²) in [5.74, 6) is -0.126. The number of hydrogen-bond acceptors (Lipinski definition) is 6. The first-order chi connectivity index (χ1) is 10.1. The lowest BCUT2D eigenvalue weighted by atomic mass is 10.2. The topological polar surface area (TPSA) is 91.5 Å². The number of carbonyl (C=O) groups excluding carboxylic acids is 1. The van der Waals surface area contributed by atoms with Crippen LogP contribution in [0, 0.1) is 6.92 Å². The van der Waals surface area contributed by atoms with Crippen LogP contribution in [0.15, 0.2) is 33.1 Å². The van der Waals surface area contributed by atoms with Crippen molar-refractivity contribution in [2.75, 3.05) is 12.3 Å². The van der Waals surface area contributed by atoms with Crippen molar-refractivity contribution in [3.63, 3.8) is 0 Å². The lowest BCUT2D eigenvalue weighted by Gasteiger charge is -1.96. The molecule has 1 aromatic carbocycles. The maximum Gasteiger partial charge on any atom is 0.362 e. The fraction of sp³-hybridized carbons (Fsp3) is 0.200. The highest BCUT2D eigenvalue weighted by Gasteiger charge is 2.21. The number of aryl methyl sites for hydroxylation is 1. The van der Waals surface area contributed by atoms with Crippen LogP contribution in [0.2, 0.25) is 0 Å². The Morgan fingerprint density at radius 2 is 2.14 bits per heavy atom. The van der Waals surface area contributed by atoms with Crippen LogP contribution in [0.5, 0.6) is 0 Å². The molecular formula is C15H14N2O4. The fourth-order valence-electron chi connectivity index (χ4n) is 2.05. The van der Waals surface area contributed by atoms with Gasteiger partial charge in [-0.15, -0.1) is 0 Å². The van der Waals surface area contributed by atoms with Crippen molar-refractivity contribution < 1.29 is 18.4 Å². The van der Waals surface area contributed by atoms with Gasteiger partial charge in [0.2, 0.25) is 11.6 Å². The van der Waals surface area contributed by atoms with Crippen molar-refractivity contribution in [3.8, 4) is 11.7 Å². The van der Waals surface area contributed by atoms with Crippen LogP contribution in [-0.4, -0.2) is 17.6 Å². The number of nitrogen functional groups attached to an aromatic ring is 1. The highest BCUT2D eigenvalue weighted by atomic mass is 16.5. The minimum Gasteiger partial charge on any atom is -0.461 e. The molecule has 0 radical (unpaired) electrons. The van der Waals surface area contributed by atoms with E-state index in [0.29, 0.717) is 11.3 Å². The molecule has 0 atom stereocenters. The molecule has 0 aliphatic carbocycles. The summed E-state index contributed by atoms with van der Waals surface area (Å²) in [6.07, 6.45) is 0. The molecule has 6 heteroatoms. The molecule has 0 saturated carbocycles. The van der Waals surface area contributed by atoms with Crippen LogP contribution in [-0.2, 0) is 4.74 Å². The van der Waals surface area contributed by atoms with Gasteiger partial charge in [0.25, 0.3) is 5.89 Å². The lowest BCUT2D eigenvalue weighted by Crippen LogP contribution is -2.07. The predicted octanol–water partition coefficient (Wildman–Crippen LogP) is 3.16. The minimum atomic E-state index is -0.614. The first-order valence-corrected chi connectivity index (χ1v) is 6.52. The van der Waals surface area contributed by atoms with Crippen molar-refractivity contribution in [3.05, 3.63) is 35.5 Å². The van der Waals surface area contributed by atoms with Crippen molar-refractivity contribution in [2.45, 2.75) is 13.8 Å². The Labute approximate surface area is 120 Å². The number of hydrogen-bond donors (Lipinski definition) is 1. The maximum atomic E-state index is 11.7. The Kier molecular flexibility index (Phi) is 3.13. The summed E-state index contributed by atoms with van der Waals surface area (Å²) in [4.78, 5) is 15.7. The molecule has 21 heavy (non-hydrogen) atoms. The van der Waals surface area contributed by atoms with Gasteiger partial charge in [0.05, 0.1) is 6.61 Å². The third kappa shape index (κ3) is 2.35. The van der Waals surface area contributed by atoms with Gasteiger partial charge >= 0.3 is 5.97 Å². The number of furan rings is 1. The summed E-state index contributed by atoms with van der Waals surface area (Å²) in [5.41, 5.74) is 7.45. The number of carbonyl (C=O) groups is 1. The average Bonchev–Trinajstić information content (AvgIpc) is 3.01. The lowest BCUT2D eigenvalue weighted by molar-refractivity contribution is 0.0521. The largest absolute Gasteiger partial charge is 0.461 e. The molecule has 0 aliphatic heterocycles. The van der Waals surface area contributed by atoms with E-state index in [2.05, 4.69) is 4.98 Å². The van der Waals surface area contributed by atoms with Gasteiger partial charge in [-0.2, -0.15) is 4.98 Å². The SMILES string of the molecule is CCOC(=O)c1nc(-c2cc3cc(C)ccc3o2)oc1N. The molecule has 0 bridgehead atoms. The Bertz CT molecular complexity index is 816. The van der Waals surface area contributed by atoms with E-state index in [1.54, 1.807) is 13.0 Å². The smallest absolute Gasteiger partial charge is 0.362 e. The first-order valence-electron chi connectivity index (χ1n) is 6.52. The van der Waals surface area contributed by atoms with Gasteiger partial charge in [-0.05, 0) is 32.0 Å². The van der Waals surface area contributed by atoms with E-state index >= 15 is 0 Å². The summed E-state index contributed by atoms with van der Waals surface area (Å²) >= 11 is 0. The zero-order chi connectivity index (χ0) is 15.0. The number of nitrogens with two attached hydrogens (primary N) is 1. The fourth-order valence-corrected chi connectivity index (χ4v) is 2.05. The van der Waals surface area contributed by atoms with Gasteiger partial charge in [-0.1, -0.05) is 11.6 Å². The molecule has 0 aliphatic rings. The molecule has 0 saturated heterocycles. The predicted molar refractivity (Wildman–Crippen MR) is 76.8 cm³/mol. The van der Waals surface area contributed by atoms with Crippen LogP contribution < -0.4 is 5.73 Å². The molecule has 2 aromatic heterocycles. The molecule has 3 rings (SSSR count). The molecule has 108 valence electrons. The van der Waals surface area contributed by atoms with Crippen LogP contribution in [0.1, 0.15) is 23.0 Å². The Morgan fingerprint density at radius 3 is 2.90 bits per heavy atom. The van der Waals surface area contributed by atoms with Gasteiger partial charge in [0.15, 0.2) is 5.76 Å². The first kappa shape index (κ1) is 13.2. The number of benzene rings is 1. The van der Waals surface area contributed by atoms with E-state index in [-0.39, 0.29) is 24.1 Å².